The Balaban J connectivity index is 2.55. The van der Waals surface area contributed by atoms with Gasteiger partial charge in [0.15, 0.2) is 0 Å². The third kappa shape index (κ3) is 4.63. The minimum atomic E-state index is -0.769. The number of benzene rings is 1. The van der Waals surface area contributed by atoms with Crippen molar-refractivity contribution >= 4 is 5.97 Å². The highest BCUT2D eigenvalue weighted by atomic mass is 19.1. The lowest BCUT2D eigenvalue weighted by atomic mass is 9.84. The van der Waals surface area contributed by atoms with Crippen molar-refractivity contribution in [3.8, 4) is 0 Å². The number of rotatable bonds is 7. The molecule has 0 aliphatic heterocycles. The summed E-state index contributed by atoms with van der Waals surface area (Å²) in [5, 5.41) is 12.2. The Morgan fingerprint density at radius 1 is 1.37 bits per heavy atom. The van der Waals surface area contributed by atoms with Crippen molar-refractivity contribution in [3.05, 3.63) is 35.6 Å². The summed E-state index contributed by atoms with van der Waals surface area (Å²) < 4.78 is 12.9. The van der Waals surface area contributed by atoms with Crippen molar-refractivity contribution in [2.24, 2.45) is 5.92 Å². The number of carboxylic acid groups (broad SMARTS) is 1. The zero-order chi connectivity index (χ0) is 14.5. The van der Waals surface area contributed by atoms with Crippen molar-refractivity contribution < 1.29 is 14.3 Å². The van der Waals surface area contributed by atoms with Gasteiger partial charge < -0.3 is 10.4 Å². The van der Waals surface area contributed by atoms with Crippen molar-refractivity contribution in [2.75, 3.05) is 13.1 Å². The Morgan fingerprint density at radius 2 is 1.95 bits per heavy atom. The number of hydrogen-bond donors (Lipinski definition) is 2. The maximum Gasteiger partial charge on any atom is 0.307 e. The van der Waals surface area contributed by atoms with E-state index in [-0.39, 0.29) is 17.2 Å². The summed E-state index contributed by atoms with van der Waals surface area (Å²) in [7, 11) is 0. The monoisotopic (exact) mass is 267 g/mol. The number of nitrogens with one attached hydrogen (secondary N) is 1. The fraction of sp³-hybridized carbons (Fsp3) is 0.533. The van der Waals surface area contributed by atoms with Crippen LogP contribution in [0.15, 0.2) is 24.3 Å². The van der Waals surface area contributed by atoms with E-state index in [1.807, 2.05) is 6.92 Å². The van der Waals surface area contributed by atoms with Gasteiger partial charge in [-0.15, -0.1) is 0 Å². The van der Waals surface area contributed by atoms with Crippen molar-refractivity contribution in [1.82, 2.24) is 5.32 Å². The van der Waals surface area contributed by atoms with Crippen LogP contribution in [0.4, 0.5) is 4.39 Å². The molecule has 106 valence electrons. The van der Waals surface area contributed by atoms with E-state index in [1.165, 1.54) is 12.1 Å². The highest BCUT2D eigenvalue weighted by molar-refractivity contribution is 5.70. The Labute approximate surface area is 113 Å². The fourth-order valence-electron chi connectivity index (χ4n) is 1.97. The summed E-state index contributed by atoms with van der Waals surface area (Å²) >= 11 is 0. The summed E-state index contributed by atoms with van der Waals surface area (Å²) in [5.74, 6) is -1.37. The predicted molar refractivity (Wildman–Crippen MR) is 73.7 cm³/mol. The van der Waals surface area contributed by atoms with E-state index >= 15 is 0 Å². The van der Waals surface area contributed by atoms with Gasteiger partial charge in [0.1, 0.15) is 5.82 Å². The van der Waals surface area contributed by atoms with E-state index in [0.717, 1.165) is 5.56 Å². The number of halogens is 1. The second-order valence-electron chi connectivity index (χ2n) is 5.47. The minimum absolute atomic E-state index is 0.162. The van der Waals surface area contributed by atoms with Crippen molar-refractivity contribution in [3.63, 3.8) is 0 Å². The topological polar surface area (TPSA) is 49.3 Å². The maximum absolute atomic E-state index is 12.9. The van der Waals surface area contributed by atoms with Crippen LogP contribution in [0.2, 0.25) is 0 Å². The molecule has 4 heteroatoms. The second kappa shape index (κ2) is 6.66. The van der Waals surface area contributed by atoms with Crippen LogP contribution in [0.1, 0.15) is 32.8 Å². The van der Waals surface area contributed by atoms with Gasteiger partial charge in [-0.25, -0.2) is 4.39 Å². The third-order valence-corrected chi connectivity index (χ3v) is 3.43. The van der Waals surface area contributed by atoms with Gasteiger partial charge in [-0.1, -0.05) is 32.9 Å². The second-order valence-corrected chi connectivity index (χ2v) is 5.47. The lowest BCUT2D eigenvalue weighted by molar-refractivity contribution is -0.141. The predicted octanol–water partition coefficient (Wildman–Crippen LogP) is 2.80. The van der Waals surface area contributed by atoms with Crippen LogP contribution in [-0.2, 0) is 10.2 Å². The number of carbonyl (C=O) groups is 1. The molecule has 0 aliphatic rings. The van der Waals surface area contributed by atoms with Gasteiger partial charge in [-0.2, -0.15) is 0 Å². The maximum atomic E-state index is 12.9. The van der Waals surface area contributed by atoms with E-state index in [0.29, 0.717) is 19.5 Å². The Bertz CT molecular complexity index is 415. The molecule has 0 aliphatic carbocycles. The highest BCUT2D eigenvalue weighted by Gasteiger charge is 2.21. The first-order valence-electron chi connectivity index (χ1n) is 6.56. The summed E-state index contributed by atoms with van der Waals surface area (Å²) in [4.78, 5) is 10.9. The molecule has 0 radical (unpaired) electrons. The Kier molecular flexibility index (Phi) is 5.48. The molecule has 1 aromatic rings. The van der Waals surface area contributed by atoms with Gasteiger partial charge >= 0.3 is 5.97 Å². The van der Waals surface area contributed by atoms with Gasteiger partial charge in [-0.3, -0.25) is 4.79 Å². The zero-order valence-corrected chi connectivity index (χ0v) is 11.7. The first kappa shape index (κ1) is 15.6. The third-order valence-electron chi connectivity index (χ3n) is 3.43. The average molecular weight is 267 g/mol. The summed E-state index contributed by atoms with van der Waals surface area (Å²) in [6, 6.07) is 6.43. The van der Waals surface area contributed by atoms with Crippen LogP contribution in [0.3, 0.4) is 0 Å². The molecule has 0 amide bonds. The van der Waals surface area contributed by atoms with E-state index in [4.69, 9.17) is 5.11 Å². The zero-order valence-electron chi connectivity index (χ0n) is 11.7. The molecule has 0 aromatic heterocycles. The number of carboxylic acids is 1. The first-order valence-corrected chi connectivity index (χ1v) is 6.56. The summed E-state index contributed by atoms with van der Waals surface area (Å²) in [6.07, 6.45) is 0.610. The number of aliphatic carboxylic acids is 1. The molecule has 1 rings (SSSR count). The fourth-order valence-corrected chi connectivity index (χ4v) is 1.97. The highest BCUT2D eigenvalue weighted by Crippen LogP contribution is 2.22. The van der Waals surface area contributed by atoms with Gasteiger partial charge in [0.2, 0.25) is 0 Å². The Morgan fingerprint density at radius 3 is 2.42 bits per heavy atom. The van der Waals surface area contributed by atoms with Crippen LogP contribution < -0.4 is 5.32 Å². The van der Waals surface area contributed by atoms with Crippen LogP contribution in [0.5, 0.6) is 0 Å². The van der Waals surface area contributed by atoms with Crippen LogP contribution in [0.25, 0.3) is 0 Å². The van der Waals surface area contributed by atoms with Crippen LogP contribution in [-0.4, -0.2) is 24.2 Å². The van der Waals surface area contributed by atoms with Crippen LogP contribution >= 0.6 is 0 Å². The lowest BCUT2D eigenvalue weighted by Crippen LogP contribution is -2.37. The largest absolute Gasteiger partial charge is 0.481 e. The summed E-state index contributed by atoms with van der Waals surface area (Å²) in [6.45, 7) is 7.08. The van der Waals surface area contributed by atoms with E-state index in [1.54, 1.807) is 12.1 Å². The molecular formula is C15H22FNO2. The first-order chi connectivity index (χ1) is 8.86. The smallest absolute Gasteiger partial charge is 0.307 e. The van der Waals surface area contributed by atoms with E-state index in [2.05, 4.69) is 19.2 Å². The van der Waals surface area contributed by atoms with E-state index < -0.39 is 5.97 Å². The van der Waals surface area contributed by atoms with Gasteiger partial charge in [0.25, 0.3) is 0 Å². The molecule has 2 N–H and O–H groups in total. The van der Waals surface area contributed by atoms with Crippen molar-refractivity contribution in [1.29, 1.82) is 0 Å². The molecule has 0 saturated heterocycles. The van der Waals surface area contributed by atoms with Crippen molar-refractivity contribution in [2.45, 2.75) is 32.6 Å². The van der Waals surface area contributed by atoms with Gasteiger partial charge in [0, 0.05) is 18.5 Å². The molecule has 0 heterocycles. The number of hydrogen-bond acceptors (Lipinski definition) is 2. The molecule has 3 nitrogen and oxygen atoms in total. The molecular weight excluding hydrogens is 245 g/mol. The molecule has 19 heavy (non-hydrogen) atoms. The average Bonchev–Trinajstić information content (AvgIpc) is 2.34. The molecule has 1 atom stereocenters. The van der Waals surface area contributed by atoms with E-state index in [9.17, 15) is 9.18 Å². The van der Waals surface area contributed by atoms with Gasteiger partial charge in [-0.05, 0) is 24.1 Å². The molecule has 0 bridgehead atoms. The normalized spacial score (nSPS) is 13.3. The van der Waals surface area contributed by atoms with Gasteiger partial charge in [0.05, 0.1) is 5.92 Å². The minimum Gasteiger partial charge on any atom is -0.481 e. The Hall–Kier alpha value is -1.42. The molecule has 0 saturated carbocycles. The quantitative estimate of drug-likeness (QED) is 0.798. The summed E-state index contributed by atoms with van der Waals surface area (Å²) in [5.41, 5.74) is 0.870. The molecule has 1 aromatic carbocycles. The molecule has 0 fully saturated rings. The molecule has 1 unspecified atom stereocenters. The lowest BCUT2D eigenvalue weighted by Gasteiger charge is -2.26. The molecule has 0 spiro atoms. The standard InChI is InChI=1S/C15H22FNO2/c1-4-11(14(18)19)9-17-10-15(2,3)12-5-7-13(16)8-6-12/h5-8,11,17H,4,9-10H2,1-3H3,(H,18,19). The SMILES string of the molecule is CCC(CNCC(C)(C)c1ccc(F)cc1)C(=O)O. The van der Waals surface area contributed by atoms with Crippen LogP contribution in [0, 0.1) is 11.7 Å².